The smallest absolute Gasteiger partial charge is 0.342 e. The Balaban J connectivity index is 2.72. The van der Waals surface area contributed by atoms with Gasteiger partial charge in [-0.05, 0) is 12.5 Å². The number of carboxylic acids is 1. The molecule has 0 aliphatic carbocycles. The molecular weight excluding hydrogens is 232 g/mol. The Labute approximate surface area is 103 Å². The first-order valence-corrected chi connectivity index (χ1v) is 5.37. The van der Waals surface area contributed by atoms with Crippen molar-refractivity contribution in [3.63, 3.8) is 0 Å². The second-order valence-corrected chi connectivity index (χ2v) is 4.03. The van der Waals surface area contributed by atoms with Crippen molar-refractivity contribution in [2.45, 2.75) is 6.92 Å². The van der Waals surface area contributed by atoms with E-state index in [1.165, 1.54) is 13.2 Å². The van der Waals surface area contributed by atoms with Crippen molar-refractivity contribution < 1.29 is 9.90 Å². The Kier molecular flexibility index (Phi) is 2.97. The number of nitrogens with zero attached hydrogens (tertiary/aromatic N) is 2. The Morgan fingerprint density at radius 2 is 1.89 bits per heavy atom. The normalized spacial score (nSPS) is 10.3. The minimum Gasteiger partial charge on any atom is -0.477 e. The molecule has 0 amide bonds. The molecule has 0 spiro atoms. The van der Waals surface area contributed by atoms with Gasteiger partial charge < -0.3 is 5.11 Å². The first kappa shape index (κ1) is 12.0. The lowest BCUT2D eigenvalue weighted by molar-refractivity contribution is 0.0694. The third kappa shape index (κ3) is 2.02. The van der Waals surface area contributed by atoms with Crippen LogP contribution in [0.25, 0.3) is 11.1 Å². The molecule has 0 fully saturated rings. The van der Waals surface area contributed by atoms with E-state index in [1.807, 2.05) is 19.1 Å². The van der Waals surface area contributed by atoms with Gasteiger partial charge in [0.25, 0.3) is 5.56 Å². The van der Waals surface area contributed by atoms with Gasteiger partial charge in [-0.1, -0.05) is 29.8 Å². The van der Waals surface area contributed by atoms with Gasteiger partial charge in [0, 0.05) is 12.6 Å². The Morgan fingerprint density at radius 1 is 1.28 bits per heavy atom. The molecule has 0 saturated carbocycles. The summed E-state index contributed by atoms with van der Waals surface area (Å²) in [6.07, 6.45) is 1.40. The van der Waals surface area contributed by atoms with Gasteiger partial charge in [-0.2, -0.15) is 5.10 Å². The van der Waals surface area contributed by atoms with Crippen LogP contribution in [-0.4, -0.2) is 20.9 Å². The third-order valence-corrected chi connectivity index (χ3v) is 2.71. The minimum absolute atomic E-state index is 0.253. The molecule has 1 aromatic carbocycles. The molecule has 5 heteroatoms. The van der Waals surface area contributed by atoms with Gasteiger partial charge in [0.2, 0.25) is 0 Å². The van der Waals surface area contributed by atoms with E-state index in [0.717, 1.165) is 10.2 Å². The lowest BCUT2D eigenvalue weighted by atomic mass is 10.0. The SMILES string of the molecule is Cc1ccc(-c2cnn(C)c(=O)c2C(=O)O)cc1. The van der Waals surface area contributed by atoms with Crippen LogP contribution in [0.3, 0.4) is 0 Å². The predicted molar refractivity (Wildman–Crippen MR) is 66.6 cm³/mol. The molecule has 0 saturated heterocycles. The summed E-state index contributed by atoms with van der Waals surface area (Å²) in [5.74, 6) is -1.24. The second kappa shape index (κ2) is 4.44. The number of benzene rings is 1. The average Bonchev–Trinajstić information content (AvgIpc) is 2.33. The van der Waals surface area contributed by atoms with Crippen LogP contribution in [0.5, 0.6) is 0 Å². The Morgan fingerprint density at radius 3 is 2.44 bits per heavy atom. The highest BCUT2D eigenvalue weighted by Gasteiger charge is 2.17. The number of carboxylic acid groups (broad SMARTS) is 1. The van der Waals surface area contributed by atoms with Gasteiger partial charge in [0.05, 0.1) is 6.20 Å². The summed E-state index contributed by atoms with van der Waals surface area (Å²) in [5.41, 5.74) is 1.21. The van der Waals surface area contributed by atoms with Crippen molar-refractivity contribution in [1.82, 2.24) is 9.78 Å². The topological polar surface area (TPSA) is 72.2 Å². The van der Waals surface area contributed by atoms with Crippen molar-refractivity contribution in [2.75, 3.05) is 0 Å². The third-order valence-electron chi connectivity index (χ3n) is 2.71. The minimum atomic E-state index is -1.24. The number of aromatic carboxylic acids is 1. The molecule has 0 bridgehead atoms. The zero-order valence-corrected chi connectivity index (χ0v) is 10.0. The maximum Gasteiger partial charge on any atom is 0.342 e. The molecule has 2 aromatic rings. The molecule has 92 valence electrons. The van der Waals surface area contributed by atoms with Crippen LogP contribution in [0.2, 0.25) is 0 Å². The average molecular weight is 244 g/mol. The first-order valence-electron chi connectivity index (χ1n) is 5.37. The van der Waals surface area contributed by atoms with Crippen LogP contribution in [-0.2, 0) is 7.05 Å². The lowest BCUT2D eigenvalue weighted by Crippen LogP contribution is -2.27. The first-order chi connectivity index (χ1) is 8.50. The van der Waals surface area contributed by atoms with Gasteiger partial charge in [-0.25, -0.2) is 9.48 Å². The highest BCUT2D eigenvalue weighted by atomic mass is 16.4. The summed E-state index contributed by atoms with van der Waals surface area (Å²) in [7, 11) is 1.42. The van der Waals surface area contributed by atoms with Gasteiger partial charge in [0.15, 0.2) is 0 Å². The molecule has 0 aliphatic heterocycles. The molecular formula is C13H12N2O3. The maximum atomic E-state index is 11.8. The molecule has 1 aromatic heterocycles. The quantitative estimate of drug-likeness (QED) is 0.867. The molecule has 0 atom stereocenters. The fourth-order valence-electron chi connectivity index (χ4n) is 1.70. The number of hydrogen-bond acceptors (Lipinski definition) is 3. The summed E-state index contributed by atoms with van der Waals surface area (Å²) < 4.78 is 1.02. The van der Waals surface area contributed by atoms with Crippen LogP contribution in [0.4, 0.5) is 0 Å². The van der Waals surface area contributed by atoms with E-state index in [0.29, 0.717) is 11.1 Å². The van der Waals surface area contributed by atoms with Crippen LogP contribution in [0, 0.1) is 6.92 Å². The van der Waals surface area contributed by atoms with Crippen LogP contribution < -0.4 is 5.56 Å². The van der Waals surface area contributed by atoms with Crippen molar-refractivity contribution in [3.05, 3.63) is 51.9 Å². The summed E-state index contributed by atoms with van der Waals surface area (Å²) in [6.45, 7) is 1.93. The van der Waals surface area contributed by atoms with Crippen molar-refractivity contribution in [3.8, 4) is 11.1 Å². The molecule has 0 unspecified atom stereocenters. The van der Waals surface area contributed by atoms with E-state index in [9.17, 15) is 9.59 Å². The molecule has 1 heterocycles. The van der Waals surface area contributed by atoms with Crippen molar-refractivity contribution >= 4 is 5.97 Å². The zero-order chi connectivity index (χ0) is 13.3. The van der Waals surface area contributed by atoms with E-state index in [4.69, 9.17) is 5.11 Å². The van der Waals surface area contributed by atoms with E-state index in [1.54, 1.807) is 12.1 Å². The Hall–Kier alpha value is -2.43. The van der Waals surface area contributed by atoms with E-state index in [-0.39, 0.29) is 5.56 Å². The van der Waals surface area contributed by atoms with Crippen LogP contribution in [0.15, 0.2) is 35.3 Å². The lowest BCUT2D eigenvalue weighted by Gasteiger charge is -2.07. The standard InChI is InChI=1S/C13H12N2O3/c1-8-3-5-9(6-4-8)10-7-14-15(2)12(16)11(10)13(17)18/h3-7H,1-2H3,(H,17,18). The molecule has 18 heavy (non-hydrogen) atoms. The largest absolute Gasteiger partial charge is 0.477 e. The van der Waals surface area contributed by atoms with Gasteiger partial charge in [-0.3, -0.25) is 4.79 Å². The van der Waals surface area contributed by atoms with Gasteiger partial charge in [0.1, 0.15) is 5.56 Å². The predicted octanol–water partition coefficient (Wildman–Crippen LogP) is 1.45. The van der Waals surface area contributed by atoms with E-state index in [2.05, 4.69) is 5.10 Å². The van der Waals surface area contributed by atoms with Crippen molar-refractivity contribution in [2.24, 2.45) is 7.05 Å². The number of carbonyl (C=O) groups is 1. The summed E-state index contributed by atoms with van der Waals surface area (Å²) in [6, 6.07) is 7.27. The maximum absolute atomic E-state index is 11.8. The molecule has 0 radical (unpaired) electrons. The van der Waals surface area contributed by atoms with Crippen LogP contribution >= 0.6 is 0 Å². The zero-order valence-electron chi connectivity index (χ0n) is 10.0. The number of rotatable bonds is 2. The number of hydrogen-bond donors (Lipinski definition) is 1. The number of aromatic nitrogens is 2. The van der Waals surface area contributed by atoms with Gasteiger partial charge >= 0.3 is 5.97 Å². The highest BCUT2D eigenvalue weighted by molar-refractivity contribution is 5.95. The summed E-state index contributed by atoms with van der Waals surface area (Å²) in [4.78, 5) is 23.0. The van der Waals surface area contributed by atoms with E-state index >= 15 is 0 Å². The second-order valence-electron chi connectivity index (χ2n) is 4.03. The fourth-order valence-corrected chi connectivity index (χ4v) is 1.70. The molecule has 2 rings (SSSR count). The molecule has 0 aliphatic rings. The summed E-state index contributed by atoms with van der Waals surface area (Å²) >= 11 is 0. The molecule has 5 nitrogen and oxygen atoms in total. The highest BCUT2D eigenvalue weighted by Crippen LogP contribution is 2.21. The summed E-state index contributed by atoms with van der Waals surface area (Å²) in [5, 5.41) is 13.0. The van der Waals surface area contributed by atoms with E-state index < -0.39 is 11.5 Å². The monoisotopic (exact) mass is 244 g/mol. The van der Waals surface area contributed by atoms with Crippen molar-refractivity contribution in [1.29, 1.82) is 0 Å². The van der Waals surface area contributed by atoms with Gasteiger partial charge in [-0.15, -0.1) is 0 Å². The van der Waals surface area contributed by atoms with Crippen LogP contribution in [0.1, 0.15) is 15.9 Å². The number of aryl methyl sites for hydroxylation is 2. The molecule has 1 N–H and O–H groups in total. The fraction of sp³-hybridized carbons (Fsp3) is 0.154. The Bertz CT molecular complexity index is 657.